The molecular weight excluding hydrogens is 246 g/mol. The fraction of sp³-hybridized carbons (Fsp3) is 0.154. The number of carbonyl (C=O) groups excluding carboxylic acids is 1. The summed E-state index contributed by atoms with van der Waals surface area (Å²) in [5, 5.41) is 11.8. The molecule has 0 atom stereocenters. The number of anilines is 1. The monoisotopic (exact) mass is 259 g/mol. The van der Waals surface area contributed by atoms with E-state index in [4.69, 9.17) is 5.11 Å². The van der Waals surface area contributed by atoms with Gasteiger partial charge in [-0.3, -0.25) is 4.79 Å². The Balaban J connectivity index is 2.47. The van der Waals surface area contributed by atoms with E-state index in [1.165, 1.54) is 13.1 Å². The zero-order valence-corrected chi connectivity index (χ0v) is 10.5. The zero-order valence-electron chi connectivity index (χ0n) is 10.5. The van der Waals surface area contributed by atoms with Gasteiger partial charge in [-0.1, -0.05) is 12.1 Å². The average Bonchev–Trinajstić information content (AvgIpc) is 2.71. The molecule has 6 nitrogen and oxygen atoms in total. The maximum Gasteiger partial charge on any atom is 0.417 e. The highest BCUT2D eigenvalue weighted by Gasteiger charge is 2.13. The van der Waals surface area contributed by atoms with Crippen molar-refractivity contribution in [2.24, 2.45) is 0 Å². The molecule has 1 amide bonds. The van der Waals surface area contributed by atoms with Gasteiger partial charge in [0.25, 0.3) is 0 Å². The van der Waals surface area contributed by atoms with Crippen LogP contribution < -0.4 is 5.32 Å². The van der Waals surface area contributed by atoms with Gasteiger partial charge in [0.1, 0.15) is 5.82 Å². The van der Waals surface area contributed by atoms with Crippen LogP contribution in [-0.4, -0.2) is 26.7 Å². The van der Waals surface area contributed by atoms with E-state index in [1.807, 2.05) is 0 Å². The van der Waals surface area contributed by atoms with Crippen LogP contribution in [0, 0.1) is 6.92 Å². The Morgan fingerprint density at radius 3 is 2.74 bits per heavy atom. The Labute approximate surface area is 109 Å². The lowest BCUT2D eigenvalue weighted by Crippen LogP contribution is -2.09. The van der Waals surface area contributed by atoms with Gasteiger partial charge in [0.2, 0.25) is 5.91 Å². The van der Waals surface area contributed by atoms with Gasteiger partial charge in [0.15, 0.2) is 0 Å². The summed E-state index contributed by atoms with van der Waals surface area (Å²) in [6, 6.07) is 6.89. The number of amides is 1. The van der Waals surface area contributed by atoms with E-state index in [1.54, 1.807) is 31.2 Å². The fourth-order valence-corrected chi connectivity index (χ4v) is 1.79. The van der Waals surface area contributed by atoms with Crippen LogP contribution in [0.15, 0.2) is 30.5 Å². The Kier molecular flexibility index (Phi) is 3.33. The van der Waals surface area contributed by atoms with Crippen molar-refractivity contribution in [1.29, 1.82) is 0 Å². The van der Waals surface area contributed by atoms with Gasteiger partial charge in [0, 0.05) is 24.4 Å². The van der Waals surface area contributed by atoms with E-state index < -0.39 is 6.09 Å². The average molecular weight is 259 g/mol. The third-order valence-electron chi connectivity index (χ3n) is 2.47. The fourth-order valence-electron chi connectivity index (χ4n) is 1.79. The number of aromatic nitrogens is 2. The first-order chi connectivity index (χ1) is 8.97. The molecule has 0 aliphatic heterocycles. The quantitative estimate of drug-likeness (QED) is 0.867. The standard InChI is InChI=1S/C13H13N3O3/c1-8-7-16(13(18)19)12(14-8)10-4-3-5-11(6-10)15-9(2)17/h3-7H,1-2H3,(H,15,17)(H,18,19). The van der Waals surface area contributed by atoms with Crippen LogP contribution in [0.3, 0.4) is 0 Å². The van der Waals surface area contributed by atoms with Crippen molar-refractivity contribution in [3.63, 3.8) is 0 Å². The van der Waals surface area contributed by atoms with E-state index in [2.05, 4.69) is 10.3 Å². The lowest BCUT2D eigenvalue weighted by molar-refractivity contribution is -0.114. The van der Waals surface area contributed by atoms with E-state index in [0.717, 1.165) is 4.57 Å². The number of aryl methyl sites for hydroxylation is 1. The predicted octanol–water partition coefficient (Wildman–Crippen LogP) is 2.34. The summed E-state index contributed by atoms with van der Waals surface area (Å²) < 4.78 is 1.06. The molecule has 0 aliphatic carbocycles. The molecule has 2 N–H and O–H groups in total. The van der Waals surface area contributed by atoms with Crippen LogP contribution >= 0.6 is 0 Å². The summed E-state index contributed by atoms with van der Waals surface area (Å²) in [6.45, 7) is 3.13. The molecule has 0 spiro atoms. The number of rotatable bonds is 2. The SMILES string of the molecule is CC(=O)Nc1cccc(-c2nc(C)cn2C(=O)O)c1. The van der Waals surface area contributed by atoms with E-state index in [9.17, 15) is 9.59 Å². The number of nitrogens with one attached hydrogen (secondary N) is 1. The maximum absolute atomic E-state index is 11.1. The minimum Gasteiger partial charge on any atom is -0.464 e. The first kappa shape index (κ1) is 12.8. The summed E-state index contributed by atoms with van der Waals surface area (Å²) in [5.41, 5.74) is 1.84. The molecule has 1 aromatic heterocycles. The van der Waals surface area contributed by atoms with Gasteiger partial charge in [-0.05, 0) is 19.1 Å². The van der Waals surface area contributed by atoms with Crippen molar-refractivity contribution < 1.29 is 14.7 Å². The first-order valence-electron chi connectivity index (χ1n) is 5.64. The van der Waals surface area contributed by atoms with Crippen molar-refractivity contribution in [3.8, 4) is 11.4 Å². The van der Waals surface area contributed by atoms with Crippen LogP contribution in [-0.2, 0) is 4.79 Å². The van der Waals surface area contributed by atoms with Gasteiger partial charge in [0.05, 0.1) is 5.69 Å². The van der Waals surface area contributed by atoms with Gasteiger partial charge in [-0.15, -0.1) is 0 Å². The molecule has 1 heterocycles. The highest BCUT2D eigenvalue weighted by atomic mass is 16.4. The van der Waals surface area contributed by atoms with Crippen molar-refractivity contribution in [3.05, 3.63) is 36.2 Å². The predicted molar refractivity (Wildman–Crippen MR) is 70.1 cm³/mol. The van der Waals surface area contributed by atoms with Gasteiger partial charge < -0.3 is 10.4 Å². The molecule has 19 heavy (non-hydrogen) atoms. The molecule has 0 fully saturated rings. The number of benzene rings is 1. The summed E-state index contributed by atoms with van der Waals surface area (Å²) in [6.07, 6.45) is 0.350. The van der Waals surface area contributed by atoms with Crippen LogP contribution in [0.1, 0.15) is 12.6 Å². The molecule has 0 radical (unpaired) electrons. The second-order valence-electron chi connectivity index (χ2n) is 4.12. The van der Waals surface area contributed by atoms with Gasteiger partial charge in [-0.2, -0.15) is 0 Å². The zero-order chi connectivity index (χ0) is 14.0. The van der Waals surface area contributed by atoms with Gasteiger partial charge in [-0.25, -0.2) is 14.3 Å². The molecule has 0 saturated carbocycles. The summed E-state index contributed by atoms with van der Waals surface area (Å²) in [7, 11) is 0. The lowest BCUT2D eigenvalue weighted by atomic mass is 10.2. The van der Waals surface area contributed by atoms with E-state index >= 15 is 0 Å². The second kappa shape index (κ2) is 4.93. The normalized spacial score (nSPS) is 10.2. The van der Waals surface area contributed by atoms with Crippen molar-refractivity contribution in [2.75, 3.05) is 5.32 Å². The maximum atomic E-state index is 11.1. The number of carbonyl (C=O) groups is 2. The highest BCUT2D eigenvalue weighted by Crippen LogP contribution is 2.22. The molecule has 2 rings (SSSR count). The highest BCUT2D eigenvalue weighted by molar-refractivity contribution is 5.89. The molecule has 0 unspecified atom stereocenters. The Morgan fingerprint density at radius 2 is 2.11 bits per heavy atom. The Morgan fingerprint density at radius 1 is 1.37 bits per heavy atom. The van der Waals surface area contributed by atoms with Crippen molar-refractivity contribution in [2.45, 2.75) is 13.8 Å². The molecule has 0 bridgehead atoms. The smallest absolute Gasteiger partial charge is 0.417 e. The number of imidazole rings is 1. The van der Waals surface area contributed by atoms with Crippen LogP contribution in [0.5, 0.6) is 0 Å². The molecule has 0 saturated heterocycles. The number of hydrogen-bond donors (Lipinski definition) is 2. The number of nitrogens with zero attached hydrogens (tertiary/aromatic N) is 2. The molecule has 98 valence electrons. The molecule has 1 aromatic carbocycles. The van der Waals surface area contributed by atoms with Crippen molar-refractivity contribution in [1.82, 2.24) is 9.55 Å². The molecule has 2 aromatic rings. The lowest BCUT2D eigenvalue weighted by Gasteiger charge is -2.06. The van der Waals surface area contributed by atoms with Crippen LogP contribution in [0.25, 0.3) is 11.4 Å². The summed E-state index contributed by atoms with van der Waals surface area (Å²) in [5.74, 6) is 0.145. The van der Waals surface area contributed by atoms with Gasteiger partial charge >= 0.3 is 6.09 Å². The molecule has 0 aliphatic rings. The molecular formula is C13H13N3O3. The first-order valence-corrected chi connectivity index (χ1v) is 5.64. The Bertz CT molecular complexity index is 646. The summed E-state index contributed by atoms with van der Waals surface area (Å²) in [4.78, 5) is 26.3. The largest absolute Gasteiger partial charge is 0.464 e. The minimum absolute atomic E-state index is 0.185. The van der Waals surface area contributed by atoms with Crippen LogP contribution in [0.2, 0.25) is 0 Å². The number of carboxylic acid groups (broad SMARTS) is 1. The summed E-state index contributed by atoms with van der Waals surface area (Å²) >= 11 is 0. The topological polar surface area (TPSA) is 84.2 Å². The third kappa shape index (κ3) is 2.79. The van der Waals surface area contributed by atoms with Crippen molar-refractivity contribution >= 4 is 17.7 Å². The minimum atomic E-state index is -1.10. The number of hydrogen-bond acceptors (Lipinski definition) is 3. The second-order valence-corrected chi connectivity index (χ2v) is 4.12. The molecule has 6 heteroatoms. The van der Waals surface area contributed by atoms with E-state index in [-0.39, 0.29) is 5.91 Å². The third-order valence-corrected chi connectivity index (χ3v) is 2.47. The van der Waals surface area contributed by atoms with Crippen LogP contribution in [0.4, 0.5) is 10.5 Å². The van der Waals surface area contributed by atoms with E-state index in [0.29, 0.717) is 22.8 Å². The Hall–Kier alpha value is -2.63.